The monoisotopic (exact) mass is 240 g/mol. The maximum atomic E-state index is 5.83. The smallest absolute Gasteiger partial charge is 0.0655 e. The van der Waals surface area contributed by atoms with Crippen molar-refractivity contribution in [1.29, 1.82) is 0 Å². The van der Waals surface area contributed by atoms with Crippen LogP contribution in [0.2, 0.25) is 0 Å². The molecule has 0 aromatic heterocycles. The minimum absolute atomic E-state index is 0.320. The van der Waals surface area contributed by atoms with Crippen molar-refractivity contribution in [2.45, 2.75) is 58.7 Å². The second-order valence-corrected chi connectivity index (χ2v) is 6.22. The highest BCUT2D eigenvalue weighted by Gasteiger charge is 2.51. The van der Waals surface area contributed by atoms with Crippen LogP contribution >= 0.6 is 0 Å². The number of hydrogen-bond acceptors (Lipinski definition) is 3. The van der Waals surface area contributed by atoms with E-state index in [-0.39, 0.29) is 0 Å². The Hall–Kier alpha value is -0.120. The molecule has 3 atom stereocenters. The fourth-order valence-electron chi connectivity index (χ4n) is 3.39. The zero-order valence-electron chi connectivity index (χ0n) is 11.8. The molecule has 1 N–H and O–H groups in total. The van der Waals surface area contributed by atoms with Crippen molar-refractivity contribution in [3.63, 3.8) is 0 Å². The normalized spacial score (nSPS) is 38.5. The Kier molecular flexibility index (Phi) is 4.11. The molecule has 0 aromatic rings. The second-order valence-electron chi connectivity index (χ2n) is 6.22. The molecular weight excluding hydrogens is 212 g/mol. The molecule has 1 aliphatic carbocycles. The largest absolute Gasteiger partial charge is 0.378 e. The lowest BCUT2D eigenvalue weighted by atomic mass is 9.63. The molecule has 1 saturated carbocycles. The van der Waals surface area contributed by atoms with E-state index >= 15 is 0 Å². The third-order valence-corrected chi connectivity index (χ3v) is 4.56. The molecule has 2 aliphatic rings. The van der Waals surface area contributed by atoms with Crippen molar-refractivity contribution in [3.05, 3.63) is 0 Å². The molecule has 0 bridgehead atoms. The van der Waals surface area contributed by atoms with Crippen LogP contribution in [0, 0.1) is 5.41 Å². The van der Waals surface area contributed by atoms with Gasteiger partial charge in [-0.05, 0) is 39.8 Å². The molecule has 3 nitrogen and oxygen atoms in total. The van der Waals surface area contributed by atoms with Crippen molar-refractivity contribution < 1.29 is 4.74 Å². The summed E-state index contributed by atoms with van der Waals surface area (Å²) in [7, 11) is 0. The molecule has 1 saturated heterocycles. The van der Waals surface area contributed by atoms with Gasteiger partial charge in [0, 0.05) is 30.7 Å². The van der Waals surface area contributed by atoms with Crippen molar-refractivity contribution >= 4 is 0 Å². The first kappa shape index (κ1) is 13.3. The first-order valence-corrected chi connectivity index (χ1v) is 7.14. The van der Waals surface area contributed by atoms with Crippen LogP contribution in [0.15, 0.2) is 0 Å². The molecule has 0 radical (unpaired) electrons. The summed E-state index contributed by atoms with van der Waals surface area (Å²) < 4.78 is 5.83. The molecule has 2 rings (SSSR count). The van der Waals surface area contributed by atoms with Gasteiger partial charge in [0.15, 0.2) is 0 Å². The maximum absolute atomic E-state index is 5.83. The number of rotatable bonds is 3. The van der Waals surface area contributed by atoms with Crippen LogP contribution in [-0.4, -0.2) is 49.3 Å². The molecule has 2 fully saturated rings. The van der Waals surface area contributed by atoms with Crippen LogP contribution < -0.4 is 5.32 Å². The summed E-state index contributed by atoms with van der Waals surface area (Å²) in [4.78, 5) is 2.68. The van der Waals surface area contributed by atoms with Crippen LogP contribution in [0.3, 0.4) is 0 Å². The number of ether oxygens (including phenoxy) is 1. The van der Waals surface area contributed by atoms with E-state index in [2.05, 4.69) is 37.9 Å². The van der Waals surface area contributed by atoms with Crippen LogP contribution in [-0.2, 0) is 4.74 Å². The van der Waals surface area contributed by atoms with Gasteiger partial charge in [-0.25, -0.2) is 0 Å². The number of hydrogen-bond donors (Lipinski definition) is 1. The highest BCUT2D eigenvalue weighted by Crippen LogP contribution is 2.46. The summed E-state index contributed by atoms with van der Waals surface area (Å²) in [5.74, 6) is 0. The number of nitrogens with zero attached hydrogens (tertiary/aromatic N) is 1. The van der Waals surface area contributed by atoms with Crippen molar-refractivity contribution in [3.8, 4) is 0 Å². The van der Waals surface area contributed by atoms with E-state index < -0.39 is 0 Å². The van der Waals surface area contributed by atoms with Crippen LogP contribution in [0.5, 0.6) is 0 Å². The van der Waals surface area contributed by atoms with Crippen molar-refractivity contribution in [1.82, 2.24) is 10.2 Å². The Labute approximate surface area is 106 Å². The van der Waals surface area contributed by atoms with E-state index in [4.69, 9.17) is 4.74 Å². The number of nitrogens with one attached hydrogen (secondary N) is 1. The molecule has 0 aromatic carbocycles. The van der Waals surface area contributed by atoms with E-state index in [0.29, 0.717) is 23.6 Å². The predicted molar refractivity (Wildman–Crippen MR) is 71.3 cm³/mol. The van der Waals surface area contributed by atoms with Gasteiger partial charge in [0.2, 0.25) is 0 Å². The van der Waals surface area contributed by atoms with E-state index in [1.165, 1.54) is 32.5 Å². The van der Waals surface area contributed by atoms with Gasteiger partial charge in [-0.2, -0.15) is 0 Å². The molecule has 0 spiro atoms. The summed E-state index contributed by atoms with van der Waals surface area (Å²) in [6, 6.07) is 1.33. The minimum atomic E-state index is 0.320. The molecule has 100 valence electrons. The highest BCUT2D eigenvalue weighted by atomic mass is 16.5. The molecule has 3 heteroatoms. The molecule has 1 heterocycles. The predicted octanol–water partition coefficient (Wildman–Crippen LogP) is 1.87. The quantitative estimate of drug-likeness (QED) is 0.815. The van der Waals surface area contributed by atoms with Gasteiger partial charge in [0.1, 0.15) is 0 Å². The van der Waals surface area contributed by atoms with Gasteiger partial charge in [-0.15, -0.1) is 0 Å². The van der Waals surface area contributed by atoms with Crippen molar-refractivity contribution in [2.75, 3.05) is 26.2 Å². The van der Waals surface area contributed by atoms with Crippen molar-refractivity contribution in [2.24, 2.45) is 5.41 Å². The topological polar surface area (TPSA) is 24.5 Å². The zero-order chi connectivity index (χ0) is 12.5. The summed E-state index contributed by atoms with van der Waals surface area (Å²) in [5, 5.41) is 3.57. The van der Waals surface area contributed by atoms with E-state index in [0.717, 1.165) is 6.61 Å². The molecule has 0 amide bonds. The Balaban J connectivity index is 1.94. The first-order valence-electron chi connectivity index (χ1n) is 7.14. The fourth-order valence-corrected chi connectivity index (χ4v) is 3.39. The van der Waals surface area contributed by atoms with Gasteiger partial charge in [-0.3, -0.25) is 4.90 Å². The van der Waals surface area contributed by atoms with Gasteiger partial charge >= 0.3 is 0 Å². The summed E-state index contributed by atoms with van der Waals surface area (Å²) in [6.07, 6.45) is 2.95. The summed E-state index contributed by atoms with van der Waals surface area (Å²) in [5.41, 5.74) is 0.320. The minimum Gasteiger partial charge on any atom is -0.378 e. The molecule has 1 aliphatic heterocycles. The van der Waals surface area contributed by atoms with E-state index in [1.54, 1.807) is 0 Å². The fraction of sp³-hybridized carbons (Fsp3) is 1.00. The van der Waals surface area contributed by atoms with Crippen LogP contribution in [0.25, 0.3) is 0 Å². The third-order valence-electron chi connectivity index (χ3n) is 4.56. The Morgan fingerprint density at radius 1 is 1.41 bits per heavy atom. The van der Waals surface area contributed by atoms with Crippen LogP contribution in [0.4, 0.5) is 0 Å². The Bertz CT molecular complexity index is 255. The lowest BCUT2D eigenvalue weighted by Crippen LogP contribution is -2.63. The maximum Gasteiger partial charge on any atom is 0.0655 e. The average Bonchev–Trinajstić information content (AvgIpc) is 2.48. The average molecular weight is 240 g/mol. The molecular formula is C14H28N2O. The summed E-state index contributed by atoms with van der Waals surface area (Å²) in [6.45, 7) is 13.6. The molecule has 3 unspecified atom stereocenters. The molecule has 17 heavy (non-hydrogen) atoms. The SMILES string of the molecule is CCOC1CC(N2CCCNC(C)C2)C1(C)C. The van der Waals surface area contributed by atoms with Gasteiger partial charge < -0.3 is 10.1 Å². The zero-order valence-corrected chi connectivity index (χ0v) is 11.8. The Morgan fingerprint density at radius 2 is 2.18 bits per heavy atom. The summed E-state index contributed by atoms with van der Waals surface area (Å²) >= 11 is 0. The standard InChI is InChI=1S/C14H28N2O/c1-5-17-13-9-12(14(13,3)4)16-8-6-7-15-11(2)10-16/h11-13,15H,5-10H2,1-4H3. The third kappa shape index (κ3) is 2.67. The van der Waals surface area contributed by atoms with Crippen LogP contribution in [0.1, 0.15) is 40.5 Å². The first-order chi connectivity index (χ1) is 8.05. The lowest BCUT2D eigenvalue weighted by molar-refractivity contribution is -0.149. The second kappa shape index (κ2) is 5.25. The lowest BCUT2D eigenvalue weighted by Gasteiger charge is -2.56. The van der Waals surface area contributed by atoms with Gasteiger partial charge in [0.05, 0.1) is 6.10 Å². The highest BCUT2D eigenvalue weighted by molar-refractivity contribution is 5.04. The van der Waals surface area contributed by atoms with Gasteiger partial charge in [-0.1, -0.05) is 13.8 Å². The van der Waals surface area contributed by atoms with E-state index in [9.17, 15) is 0 Å². The van der Waals surface area contributed by atoms with E-state index in [1.807, 2.05) is 0 Å². The van der Waals surface area contributed by atoms with Gasteiger partial charge in [0.25, 0.3) is 0 Å². The Morgan fingerprint density at radius 3 is 2.82 bits per heavy atom.